The molecule has 1 fully saturated rings. The first kappa shape index (κ1) is 17.7. The van der Waals surface area contributed by atoms with Gasteiger partial charge in [-0.25, -0.2) is 0 Å². The molecule has 0 atom stereocenters. The third-order valence-electron chi connectivity index (χ3n) is 3.50. The first-order valence-corrected chi connectivity index (χ1v) is 10.6. The third-order valence-corrected chi connectivity index (χ3v) is 7.20. The van der Waals surface area contributed by atoms with Gasteiger partial charge in [0.2, 0.25) is 0 Å². The van der Waals surface area contributed by atoms with Gasteiger partial charge in [0.15, 0.2) is 6.61 Å². The van der Waals surface area contributed by atoms with Gasteiger partial charge in [-0.05, 0) is 63.7 Å². The van der Waals surface area contributed by atoms with Crippen molar-refractivity contribution in [3.05, 3.63) is 58.6 Å². The Morgan fingerprint density at radius 1 is 1.12 bits per heavy atom. The maximum Gasteiger partial charge on any atom is 0.262 e. The highest BCUT2D eigenvalue weighted by Crippen LogP contribution is 2.43. The molecule has 0 aromatic heterocycles. The van der Waals surface area contributed by atoms with E-state index in [4.69, 9.17) is 4.74 Å². The molecule has 1 aliphatic rings. The van der Waals surface area contributed by atoms with Gasteiger partial charge in [-0.2, -0.15) is 0 Å². The van der Waals surface area contributed by atoms with Crippen LogP contribution in [-0.4, -0.2) is 24.0 Å². The highest BCUT2D eigenvalue weighted by atomic mass is 79.9. The van der Waals surface area contributed by atoms with Crippen molar-refractivity contribution >= 4 is 51.0 Å². The van der Waals surface area contributed by atoms with Crippen molar-refractivity contribution in [2.75, 3.05) is 23.4 Å². The lowest BCUT2D eigenvalue weighted by Crippen LogP contribution is -2.20. The van der Waals surface area contributed by atoms with Crippen LogP contribution in [-0.2, 0) is 4.79 Å². The van der Waals surface area contributed by atoms with Crippen molar-refractivity contribution in [1.29, 1.82) is 0 Å². The monoisotopic (exact) mass is 423 g/mol. The zero-order valence-electron chi connectivity index (χ0n) is 13.0. The summed E-state index contributed by atoms with van der Waals surface area (Å²) in [6, 6.07) is 15.6. The molecular formula is C18H18BrNO2S2. The molecule has 0 aliphatic carbocycles. The normalized spacial score (nSPS) is 15.0. The van der Waals surface area contributed by atoms with E-state index in [2.05, 4.69) is 33.4 Å². The molecule has 0 bridgehead atoms. The third kappa shape index (κ3) is 4.94. The van der Waals surface area contributed by atoms with Crippen LogP contribution in [0, 0.1) is 0 Å². The number of anilines is 1. The van der Waals surface area contributed by atoms with Gasteiger partial charge in [0.1, 0.15) is 5.75 Å². The van der Waals surface area contributed by atoms with Crippen molar-refractivity contribution in [3.63, 3.8) is 0 Å². The van der Waals surface area contributed by atoms with Crippen LogP contribution < -0.4 is 10.1 Å². The molecule has 0 radical (unpaired) electrons. The van der Waals surface area contributed by atoms with Gasteiger partial charge in [-0.1, -0.05) is 24.3 Å². The van der Waals surface area contributed by atoms with Crippen LogP contribution in [0.25, 0.3) is 0 Å². The van der Waals surface area contributed by atoms with E-state index < -0.39 is 0 Å². The lowest BCUT2D eigenvalue weighted by Gasteiger charge is -2.21. The fourth-order valence-electron chi connectivity index (χ4n) is 2.30. The first-order chi connectivity index (χ1) is 11.7. The molecule has 1 N–H and O–H groups in total. The number of thioether (sulfide) groups is 2. The number of carbonyl (C=O) groups excluding carboxylic acids is 1. The number of benzene rings is 2. The Balaban J connectivity index is 1.51. The van der Waals surface area contributed by atoms with Crippen LogP contribution in [0.1, 0.15) is 16.6 Å². The molecule has 24 heavy (non-hydrogen) atoms. The van der Waals surface area contributed by atoms with Crippen LogP contribution in [0.4, 0.5) is 5.69 Å². The predicted octanol–water partition coefficient (Wildman–Crippen LogP) is 5.34. The summed E-state index contributed by atoms with van der Waals surface area (Å²) in [5.41, 5.74) is 2.06. The maximum absolute atomic E-state index is 12.0. The van der Waals surface area contributed by atoms with E-state index in [0.717, 1.165) is 10.2 Å². The minimum atomic E-state index is -0.177. The van der Waals surface area contributed by atoms with Gasteiger partial charge in [-0.15, -0.1) is 23.5 Å². The number of carbonyl (C=O) groups is 1. The Hall–Kier alpha value is -1.11. The molecule has 1 saturated heterocycles. The SMILES string of the molecule is O=C(COc1ccc(C2SCCCS2)cc1)Nc1ccccc1Br. The van der Waals surface area contributed by atoms with Gasteiger partial charge in [0.05, 0.1) is 10.3 Å². The number of rotatable bonds is 5. The predicted molar refractivity (Wildman–Crippen MR) is 107 cm³/mol. The summed E-state index contributed by atoms with van der Waals surface area (Å²) in [6.45, 7) is -0.00634. The number of hydrogen-bond donors (Lipinski definition) is 1. The number of halogens is 1. The van der Waals surface area contributed by atoms with Crippen molar-refractivity contribution in [1.82, 2.24) is 0 Å². The van der Waals surface area contributed by atoms with Crippen LogP contribution >= 0.6 is 39.5 Å². The molecule has 2 aromatic rings. The summed E-state index contributed by atoms with van der Waals surface area (Å²) < 4.78 is 6.95. The summed E-state index contributed by atoms with van der Waals surface area (Å²) in [5, 5.41) is 2.83. The Morgan fingerprint density at radius 2 is 1.83 bits per heavy atom. The van der Waals surface area contributed by atoms with E-state index >= 15 is 0 Å². The molecule has 0 saturated carbocycles. The number of amides is 1. The average molecular weight is 424 g/mol. The maximum atomic E-state index is 12.0. The molecular weight excluding hydrogens is 406 g/mol. The van der Waals surface area contributed by atoms with Gasteiger partial charge in [0, 0.05) is 4.47 Å². The number of hydrogen-bond acceptors (Lipinski definition) is 4. The van der Waals surface area contributed by atoms with Crippen molar-refractivity contribution in [3.8, 4) is 5.75 Å². The molecule has 1 heterocycles. The van der Waals surface area contributed by atoms with E-state index in [1.807, 2.05) is 59.9 Å². The second kappa shape index (κ2) is 8.83. The van der Waals surface area contributed by atoms with Crippen molar-refractivity contribution in [2.45, 2.75) is 11.0 Å². The Labute approximate surface area is 159 Å². The topological polar surface area (TPSA) is 38.3 Å². The zero-order chi connectivity index (χ0) is 16.8. The van der Waals surface area contributed by atoms with Gasteiger partial charge < -0.3 is 10.1 Å². The average Bonchev–Trinajstić information content (AvgIpc) is 2.63. The Morgan fingerprint density at radius 3 is 2.54 bits per heavy atom. The second-order valence-corrected chi connectivity index (χ2v) is 8.89. The van der Waals surface area contributed by atoms with Crippen LogP contribution in [0.5, 0.6) is 5.75 Å². The standard InChI is InChI=1S/C18H18BrNO2S2/c19-15-4-1-2-5-16(15)20-17(21)12-22-14-8-6-13(7-9-14)18-23-10-3-11-24-18/h1-2,4-9,18H,3,10-12H2,(H,20,21). The minimum absolute atomic E-state index is 0.00634. The number of ether oxygens (including phenoxy) is 1. The molecule has 2 aromatic carbocycles. The molecule has 0 spiro atoms. The van der Waals surface area contributed by atoms with E-state index in [1.165, 1.54) is 23.5 Å². The Kier molecular flexibility index (Phi) is 6.51. The van der Waals surface area contributed by atoms with Crippen molar-refractivity contribution < 1.29 is 9.53 Å². The molecule has 0 unspecified atom stereocenters. The summed E-state index contributed by atoms with van der Waals surface area (Å²) >= 11 is 7.40. The van der Waals surface area contributed by atoms with E-state index in [0.29, 0.717) is 10.3 Å². The summed E-state index contributed by atoms with van der Waals surface area (Å²) in [7, 11) is 0. The van der Waals surface area contributed by atoms with Crippen molar-refractivity contribution in [2.24, 2.45) is 0 Å². The molecule has 3 rings (SSSR count). The molecule has 126 valence electrons. The van der Waals surface area contributed by atoms with Crippen LogP contribution in [0.3, 0.4) is 0 Å². The summed E-state index contributed by atoms with van der Waals surface area (Å²) in [6.07, 6.45) is 1.29. The van der Waals surface area contributed by atoms with E-state index in [1.54, 1.807) is 0 Å². The minimum Gasteiger partial charge on any atom is -0.484 e. The van der Waals surface area contributed by atoms with Gasteiger partial charge in [-0.3, -0.25) is 4.79 Å². The Bertz CT molecular complexity index is 688. The van der Waals surface area contributed by atoms with Crippen LogP contribution in [0.2, 0.25) is 0 Å². The molecule has 1 amide bonds. The number of para-hydroxylation sites is 1. The van der Waals surface area contributed by atoms with Crippen LogP contribution in [0.15, 0.2) is 53.0 Å². The molecule has 1 aliphatic heterocycles. The van der Waals surface area contributed by atoms with Gasteiger partial charge >= 0.3 is 0 Å². The summed E-state index contributed by atoms with van der Waals surface area (Å²) in [5.74, 6) is 2.99. The molecule has 6 heteroatoms. The quantitative estimate of drug-likeness (QED) is 0.704. The largest absolute Gasteiger partial charge is 0.484 e. The fraction of sp³-hybridized carbons (Fsp3) is 0.278. The highest BCUT2D eigenvalue weighted by Gasteiger charge is 2.16. The highest BCUT2D eigenvalue weighted by molar-refractivity contribution is 9.10. The van der Waals surface area contributed by atoms with E-state index in [-0.39, 0.29) is 12.5 Å². The van der Waals surface area contributed by atoms with Gasteiger partial charge in [0.25, 0.3) is 5.91 Å². The fourth-order valence-corrected chi connectivity index (χ4v) is 5.58. The molecule has 3 nitrogen and oxygen atoms in total. The smallest absolute Gasteiger partial charge is 0.262 e. The van der Waals surface area contributed by atoms with E-state index in [9.17, 15) is 4.79 Å². The second-order valence-electron chi connectivity index (χ2n) is 5.31. The lowest BCUT2D eigenvalue weighted by atomic mass is 10.2. The number of nitrogens with one attached hydrogen (secondary N) is 1. The lowest BCUT2D eigenvalue weighted by molar-refractivity contribution is -0.118. The first-order valence-electron chi connectivity index (χ1n) is 7.73. The zero-order valence-corrected chi connectivity index (χ0v) is 16.3. The summed E-state index contributed by atoms with van der Waals surface area (Å²) in [4.78, 5) is 12.0.